The first-order valence-corrected chi connectivity index (χ1v) is 7.50. The summed E-state index contributed by atoms with van der Waals surface area (Å²) in [5.74, 6) is 6.29. The van der Waals surface area contributed by atoms with Crippen molar-refractivity contribution in [2.24, 2.45) is 5.84 Å². The van der Waals surface area contributed by atoms with Crippen molar-refractivity contribution < 1.29 is 14.2 Å². The number of fused-ring (bicyclic) bond motifs is 1. The van der Waals surface area contributed by atoms with Gasteiger partial charge in [0.15, 0.2) is 0 Å². The van der Waals surface area contributed by atoms with E-state index >= 15 is 0 Å². The molecule has 0 amide bonds. The number of anilines is 1. The van der Waals surface area contributed by atoms with Crippen LogP contribution in [0, 0.1) is 6.92 Å². The number of methoxy groups -OCH3 is 1. The van der Waals surface area contributed by atoms with Crippen LogP contribution in [0.15, 0.2) is 6.07 Å². The minimum atomic E-state index is 0.357. The molecule has 0 saturated carbocycles. The molecule has 0 aliphatic rings. The van der Waals surface area contributed by atoms with Gasteiger partial charge in [0.2, 0.25) is 11.8 Å². The van der Waals surface area contributed by atoms with Crippen molar-refractivity contribution in [1.82, 2.24) is 9.97 Å². The zero-order chi connectivity index (χ0) is 15.1. The van der Waals surface area contributed by atoms with Crippen LogP contribution in [-0.4, -0.2) is 43.5 Å². The van der Waals surface area contributed by atoms with Gasteiger partial charge in [-0.15, -0.1) is 11.3 Å². The number of nitrogen functional groups attached to an aromatic ring is 1. The van der Waals surface area contributed by atoms with E-state index < -0.39 is 0 Å². The highest BCUT2D eigenvalue weighted by atomic mass is 32.1. The van der Waals surface area contributed by atoms with Crippen molar-refractivity contribution in [3.05, 3.63) is 10.9 Å². The van der Waals surface area contributed by atoms with E-state index in [4.69, 9.17) is 20.1 Å². The SMILES string of the molecule is COCCOCCCOc1nc(NN)nc2sc(C)cc12. The van der Waals surface area contributed by atoms with Gasteiger partial charge < -0.3 is 14.2 Å². The molecule has 0 bridgehead atoms. The minimum Gasteiger partial charge on any atom is -0.477 e. The molecular formula is C13H20N4O3S. The Balaban J connectivity index is 1.91. The fourth-order valence-electron chi connectivity index (χ4n) is 1.76. The highest BCUT2D eigenvalue weighted by Crippen LogP contribution is 2.30. The summed E-state index contributed by atoms with van der Waals surface area (Å²) < 4.78 is 16.0. The van der Waals surface area contributed by atoms with Gasteiger partial charge in [0.05, 0.1) is 25.2 Å². The lowest BCUT2D eigenvalue weighted by atomic mass is 10.3. The molecule has 0 atom stereocenters. The van der Waals surface area contributed by atoms with Crippen molar-refractivity contribution in [2.45, 2.75) is 13.3 Å². The maximum Gasteiger partial charge on any atom is 0.241 e. The molecule has 0 fully saturated rings. The molecule has 0 unspecified atom stereocenters. The van der Waals surface area contributed by atoms with E-state index in [1.807, 2.05) is 13.0 Å². The Labute approximate surface area is 127 Å². The molecule has 0 radical (unpaired) electrons. The summed E-state index contributed by atoms with van der Waals surface area (Å²) >= 11 is 1.58. The molecule has 0 aliphatic carbocycles. The van der Waals surface area contributed by atoms with E-state index in [9.17, 15) is 0 Å². The summed E-state index contributed by atoms with van der Waals surface area (Å²) in [6, 6.07) is 2.02. The zero-order valence-electron chi connectivity index (χ0n) is 12.2. The molecule has 3 N–H and O–H groups in total. The van der Waals surface area contributed by atoms with Gasteiger partial charge in [-0.25, -0.2) is 10.8 Å². The van der Waals surface area contributed by atoms with Crippen LogP contribution < -0.4 is 16.0 Å². The third-order valence-corrected chi connectivity index (χ3v) is 3.66. The van der Waals surface area contributed by atoms with Crippen molar-refractivity contribution in [1.29, 1.82) is 0 Å². The van der Waals surface area contributed by atoms with Crippen LogP contribution in [0.25, 0.3) is 10.2 Å². The molecule has 0 aliphatic heterocycles. The first-order chi connectivity index (χ1) is 10.2. The molecule has 8 heteroatoms. The predicted octanol–water partition coefficient (Wildman–Crippen LogP) is 1.72. The van der Waals surface area contributed by atoms with E-state index in [2.05, 4.69) is 15.4 Å². The van der Waals surface area contributed by atoms with Crippen LogP contribution in [0.2, 0.25) is 0 Å². The van der Waals surface area contributed by atoms with E-state index in [1.54, 1.807) is 18.4 Å². The van der Waals surface area contributed by atoms with E-state index in [0.29, 0.717) is 38.3 Å². The molecule has 116 valence electrons. The molecule has 2 aromatic rings. The van der Waals surface area contributed by atoms with Crippen molar-refractivity contribution in [3.63, 3.8) is 0 Å². The molecule has 0 spiro atoms. The quantitative estimate of drug-likeness (QED) is 0.414. The van der Waals surface area contributed by atoms with Crippen LogP contribution in [0.4, 0.5) is 5.95 Å². The van der Waals surface area contributed by atoms with Crippen molar-refractivity contribution in [2.75, 3.05) is 39.0 Å². The molecule has 0 aromatic carbocycles. The maximum atomic E-state index is 5.73. The smallest absolute Gasteiger partial charge is 0.241 e. The van der Waals surface area contributed by atoms with Gasteiger partial charge >= 0.3 is 0 Å². The monoisotopic (exact) mass is 312 g/mol. The molecule has 2 heterocycles. The third kappa shape index (κ3) is 4.50. The van der Waals surface area contributed by atoms with Crippen LogP contribution in [0.1, 0.15) is 11.3 Å². The number of nitrogens with one attached hydrogen (secondary N) is 1. The first-order valence-electron chi connectivity index (χ1n) is 6.69. The number of thiophene rings is 1. The third-order valence-electron chi connectivity index (χ3n) is 2.71. The number of aryl methyl sites for hydroxylation is 1. The highest BCUT2D eigenvalue weighted by Gasteiger charge is 2.11. The molecule has 0 saturated heterocycles. The number of nitrogens with two attached hydrogens (primary N) is 1. The normalized spacial score (nSPS) is 11.0. The number of nitrogens with zero attached hydrogens (tertiary/aromatic N) is 2. The van der Waals surface area contributed by atoms with E-state index in [-0.39, 0.29) is 0 Å². The van der Waals surface area contributed by atoms with Crippen LogP contribution in [0.5, 0.6) is 5.88 Å². The summed E-state index contributed by atoms with van der Waals surface area (Å²) in [6.45, 7) is 4.38. The van der Waals surface area contributed by atoms with Gasteiger partial charge in [0.25, 0.3) is 0 Å². The number of aromatic nitrogens is 2. The van der Waals surface area contributed by atoms with E-state index in [1.165, 1.54) is 0 Å². The van der Waals surface area contributed by atoms with E-state index in [0.717, 1.165) is 21.5 Å². The zero-order valence-corrected chi connectivity index (χ0v) is 13.0. The standard InChI is InChI=1S/C13H20N4O3S/c1-9-8-10-11(15-13(17-14)16-12(10)21-9)20-5-3-4-19-7-6-18-2/h8H,3-7,14H2,1-2H3,(H,15,16,17). The number of hydrazine groups is 1. The predicted molar refractivity (Wildman–Crippen MR) is 82.8 cm³/mol. The molecule has 2 rings (SSSR count). The van der Waals surface area contributed by atoms with Crippen LogP contribution in [-0.2, 0) is 9.47 Å². The van der Waals surface area contributed by atoms with Gasteiger partial charge in [0, 0.05) is 25.0 Å². The van der Waals surface area contributed by atoms with Gasteiger partial charge in [-0.05, 0) is 13.0 Å². The number of rotatable bonds is 9. The largest absolute Gasteiger partial charge is 0.477 e. The number of hydrogen-bond donors (Lipinski definition) is 2. The Morgan fingerprint density at radius 1 is 1.24 bits per heavy atom. The van der Waals surface area contributed by atoms with Crippen molar-refractivity contribution >= 4 is 27.5 Å². The lowest BCUT2D eigenvalue weighted by molar-refractivity contribution is 0.0643. The lowest BCUT2D eigenvalue weighted by Gasteiger charge is -2.08. The van der Waals surface area contributed by atoms with Gasteiger partial charge in [-0.3, -0.25) is 5.43 Å². The topological polar surface area (TPSA) is 91.5 Å². The summed E-state index contributed by atoms with van der Waals surface area (Å²) in [5.41, 5.74) is 2.46. The highest BCUT2D eigenvalue weighted by molar-refractivity contribution is 7.18. The Kier molecular flexibility index (Phi) is 6.12. The number of ether oxygens (including phenoxy) is 3. The fraction of sp³-hybridized carbons (Fsp3) is 0.538. The average molecular weight is 312 g/mol. The summed E-state index contributed by atoms with van der Waals surface area (Å²) in [4.78, 5) is 10.6. The summed E-state index contributed by atoms with van der Waals surface area (Å²) in [5, 5.41) is 0.914. The number of hydrogen-bond acceptors (Lipinski definition) is 8. The second-order valence-electron chi connectivity index (χ2n) is 4.38. The van der Waals surface area contributed by atoms with Crippen LogP contribution >= 0.6 is 11.3 Å². The molecule has 21 heavy (non-hydrogen) atoms. The fourth-order valence-corrected chi connectivity index (χ4v) is 2.63. The Morgan fingerprint density at radius 2 is 2.10 bits per heavy atom. The van der Waals surface area contributed by atoms with Crippen molar-refractivity contribution in [3.8, 4) is 5.88 Å². The summed E-state index contributed by atoms with van der Waals surface area (Å²) in [6.07, 6.45) is 0.781. The summed E-state index contributed by atoms with van der Waals surface area (Å²) in [7, 11) is 1.65. The minimum absolute atomic E-state index is 0.357. The molecular weight excluding hydrogens is 292 g/mol. The lowest BCUT2D eigenvalue weighted by Crippen LogP contribution is -2.12. The maximum absolute atomic E-state index is 5.73. The second-order valence-corrected chi connectivity index (χ2v) is 5.61. The first kappa shape index (κ1) is 15.9. The Morgan fingerprint density at radius 3 is 2.86 bits per heavy atom. The molecule has 7 nitrogen and oxygen atoms in total. The van der Waals surface area contributed by atoms with Crippen LogP contribution in [0.3, 0.4) is 0 Å². The second kappa shape index (κ2) is 8.08. The van der Waals surface area contributed by atoms with Gasteiger partial charge in [-0.1, -0.05) is 0 Å². The Hall–Kier alpha value is -1.48. The Bertz CT molecular complexity index is 576. The molecule has 2 aromatic heterocycles. The average Bonchev–Trinajstić information content (AvgIpc) is 2.86. The van der Waals surface area contributed by atoms with Gasteiger partial charge in [0.1, 0.15) is 4.83 Å². The van der Waals surface area contributed by atoms with Gasteiger partial charge in [-0.2, -0.15) is 4.98 Å².